The van der Waals surface area contributed by atoms with Crippen molar-refractivity contribution in [2.45, 2.75) is 0 Å². The van der Waals surface area contributed by atoms with Crippen molar-refractivity contribution < 1.29 is 0 Å². The van der Waals surface area contributed by atoms with Crippen molar-refractivity contribution in [3.8, 4) is 16.8 Å². The molecule has 0 saturated heterocycles. The Balaban J connectivity index is 1.02. The molecule has 0 fully saturated rings. The summed E-state index contributed by atoms with van der Waals surface area (Å²) in [4.78, 5) is 0. The molecule has 0 atom stereocenters. The number of aromatic nitrogens is 1. The summed E-state index contributed by atoms with van der Waals surface area (Å²) < 4.78 is 5.14. The lowest BCUT2D eigenvalue weighted by Gasteiger charge is -2.34. The van der Waals surface area contributed by atoms with Gasteiger partial charge in [-0.1, -0.05) is 200 Å². The Labute approximate surface area is 370 Å². The molecule has 13 rings (SSSR count). The minimum atomic E-state index is -2.82. The summed E-state index contributed by atoms with van der Waals surface area (Å²) in [6, 6.07) is 88.7. The van der Waals surface area contributed by atoms with E-state index in [1.54, 1.807) is 0 Å². The third-order valence-corrected chi connectivity index (χ3v) is 19.5. The summed E-state index contributed by atoms with van der Waals surface area (Å²) in [6.45, 7) is 0. The van der Waals surface area contributed by atoms with Crippen LogP contribution in [0.4, 0.5) is 0 Å². The lowest BCUT2D eigenvalue weighted by atomic mass is 9.92. The molecule has 0 bridgehead atoms. The number of thiophene rings is 1. The van der Waals surface area contributed by atoms with Gasteiger partial charge in [0.1, 0.15) is 0 Å². The van der Waals surface area contributed by atoms with Crippen LogP contribution in [-0.4, -0.2) is 12.6 Å². The van der Waals surface area contributed by atoms with Crippen molar-refractivity contribution in [3.63, 3.8) is 0 Å². The fourth-order valence-corrected chi connectivity index (χ4v) is 16.7. The van der Waals surface area contributed by atoms with Crippen LogP contribution >= 0.6 is 11.3 Å². The van der Waals surface area contributed by atoms with E-state index in [1.165, 1.54) is 106 Å². The molecule has 0 N–H and O–H groups in total. The highest BCUT2D eigenvalue weighted by Gasteiger charge is 2.41. The quantitative estimate of drug-likeness (QED) is 0.0893. The van der Waals surface area contributed by atoms with Crippen molar-refractivity contribution in [2.75, 3.05) is 0 Å². The Morgan fingerprint density at radius 2 is 0.778 bits per heavy atom. The molecule has 0 saturated carbocycles. The summed E-state index contributed by atoms with van der Waals surface area (Å²) in [5.74, 6) is 0. The van der Waals surface area contributed by atoms with Crippen LogP contribution in [-0.2, 0) is 0 Å². The molecule has 0 aliphatic rings. The van der Waals surface area contributed by atoms with E-state index in [1.807, 2.05) is 11.3 Å². The van der Waals surface area contributed by atoms with Gasteiger partial charge in [-0.15, -0.1) is 11.3 Å². The van der Waals surface area contributed by atoms with E-state index in [0.29, 0.717) is 0 Å². The van der Waals surface area contributed by atoms with Gasteiger partial charge in [0.25, 0.3) is 0 Å². The van der Waals surface area contributed by atoms with E-state index in [2.05, 4.69) is 241 Å². The van der Waals surface area contributed by atoms with E-state index >= 15 is 0 Å². The fraction of sp³-hybridized carbons (Fsp3) is 0. The van der Waals surface area contributed by atoms with Gasteiger partial charge in [-0.25, -0.2) is 0 Å². The van der Waals surface area contributed by atoms with E-state index in [-0.39, 0.29) is 0 Å². The van der Waals surface area contributed by atoms with Crippen LogP contribution in [0.15, 0.2) is 237 Å². The molecule has 0 amide bonds. The number of benzene rings is 11. The van der Waals surface area contributed by atoms with Crippen molar-refractivity contribution in [3.05, 3.63) is 237 Å². The Bertz CT molecular complexity index is 3810. The molecule has 2 heterocycles. The molecule has 0 spiro atoms. The number of fused-ring (bicyclic) bond motifs is 13. The molecule has 0 radical (unpaired) electrons. The Morgan fingerprint density at radius 1 is 0.286 bits per heavy atom. The number of nitrogens with zero attached hydrogens (tertiary/aromatic N) is 1. The van der Waals surface area contributed by atoms with Gasteiger partial charge in [0.05, 0.1) is 11.0 Å². The second-order valence-electron chi connectivity index (χ2n) is 16.7. The van der Waals surface area contributed by atoms with Crippen molar-refractivity contribution >= 4 is 114 Å². The minimum absolute atomic E-state index is 1.16. The monoisotopic (exact) mass is 833 g/mol. The van der Waals surface area contributed by atoms with Crippen LogP contribution in [0.3, 0.4) is 0 Å². The lowest BCUT2D eigenvalue weighted by Crippen LogP contribution is -2.74. The van der Waals surface area contributed by atoms with E-state index in [9.17, 15) is 0 Å². The second-order valence-corrected chi connectivity index (χ2v) is 21.6. The number of hydrogen-bond acceptors (Lipinski definition) is 1. The van der Waals surface area contributed by atoms with Crippen LogP contribution in [0, 0.1) is 0 Å². The van der Waals surface area contributed by atoms with Crippen LogP contribution in [0.2, 0.25) is 0 Å². The Kier molecular flexibility index (Phi) is 8.17. The summed E-state index contributed by atoms with van der Waals surface area (Å²) in [5.41, 5.74) is 6.11. The third kappa shape index (κ3) is 5.34. The molecule has 63 heavy (non-hydrogen) atoms. The average molecular weight is 834 g/mol. The number of hydrogen-bond donors (Lipinski definition) is 0. The molecule has 0 unspecified atom stereocenters. The topological polar surface area (TPSA) is 4.93 Å². The summed E-state index contributed by atoms with van der Waals surface area (Å²) in [5, 5.41) is 18.5. The van der Waals surface area contributed by atoms with Crippen molar-refractivity contribution in [1.82, 2.24) is 4.57 Å². The molecular formula is C60H39NSSi. The molecule has 13 aromatic rings. The van der Waals surface area contributed by atoms with Gasteiger partial charge in [0.2, 0.25) is 0 Å². The number of para-hydroxylation sites is 1. The van der Waals surface area contributed by atoms with Crippen LogP contribution in [0.1, 0.15) is 0 Å². The maximum Gasteiger partial charge on any atom is 0.179 e. The molecule has 294 valence electrons. The van der Waals surface area contributed by atoms with Crippen LogP contribution in [0.25, 0.3) is 91.1 Å². The first-order valence-electron chi connectivity index (χ1n) is 21.8. The highest BCUT2D eigenvalue weighted by molar-refractivity contribution is 7.26. The fourth-order valence-electron chi connectivity index (χ4n) is 10.9. The maximum absolute atomic E-state index is 2.82. The van der Waals surface area contributed by atoms with E-state index < -0.39 is 8.07 Å². The molecular weight excluding hydrogens is 795 g/mol. The highest BCUT2D eigenvalue weighted by atomic mass is 32.1. The zero-order chi connectivity index (χ0) is 41.5. The van der Waals surface area contributed by atoms with Gasteiger partial charge in [-0.3, -0.25) is 0 Å². The molecule has 3 heteroatoms. The first-order valence-corrected chi connectivity index (χ1v) is 24.6. The smallest absolute Gasteiger partial charge is 0.179 e. The zero-order valence-electron chi connectivity index (χ0n) is 34.4. The molecule has 2 aromatic heterocycles. The molecule has 1 nitrogen and oxygen atoms in total. The first-order chi connectivity index (χ1) is 31.3. The molecule has 0 aliphatic heterocycles. The van der Waals surface area contributed by atoms with Gasteiger partial charge < -0.3 is 4.57 Å². The SMILES string of the molecule is c1ccc([Si](c2ccccc2)(c2ccc(-c3cccc4sc5ccccc5c34)cc2)c2ccc(-n3c4ccccc4c4c5c6ccccc6c6ccccc6c5ccc43)cc2)cc1. The van der Waals surface area contributed by atoms with Gasteiger partial charge in [0, 0.05) is 42.0 Å². The normalized spacial score (nSPS) is 12.1. The second kappa shape index (κ2) is 14.3. The van der Waals surface area contributed by atoms with Gasteiger partial charge in [-0.2, -0.15) is 0 Å². The Morgan fingerprint density at radius 3 is 1.44 bits per heavy atom. The highest BCUT2D eigenvalue weighted by Crippen LogP contribution is 2.44. The van der Waals surface area contributed by atoms with Gasteiger partial charge >= 0.3 is 0 Å². The van der Waals surface area contributed by atoms with Crippen LogP contribution < -0.4 is 20.7 Å². The lowest BCUT2D eigenvalue weighted by molar-refractivity contribution is 1.18. The largest absolute Gasteiger partial charge is 0.309 e. The first kappa shape index (κ1) is 36.1. The maximum atomic E-state index is 2.48. The van der Waals surface area contributed by atoms with Crippen molar-refractivity contribution in [1.29, 1.82) is 0 Å². The zero-order valence-corrected chi connectivity index (χ0v) is 36.2. The Hall–Kier alpha value is -7.56. The average Bonchev–Trinajstić information content (AvgIpc) is 3.92. The minimum Gasteiger partial charge on any atom is -0.309 e. The summed E-state index contributed by atoms with van der Waals surface area (Å²) in [7, 11) is -2.82. The predicted octanol–water partition coefficient (Wildman–Crippen LogP) is 13.7. The molecule has 0 aliphatic carbocycles. The standard InChI is InChI=1S/C60H39NSSi/c1-3-16-42(17-4-1)63(43-18-5-2-6-19-43,44-34-30-40(31-35-44)46-26-15-29-57-58(46)53-25-12-14-28-56(53)62-57)45-36-32-41(33-37-45)61-54-27-13-11-24-52(54)60-55(61)39-38-51-49-22-8-7-20-47(49)48-21-9-10-23-50(48)59(51)60/h1-39H. The predicted molar refractivity (Wildman–Crippen MR) is 275 cm³/mol. The van der Waals surface area contributed by atoms with E-state index in [0.717, 1.165) is 5.69 Å². The van der Waals surface area contributed by atoms with Crippen molar-refractivity contribution in [2.24, 2.45) is 0 Å². The summed E-state index contributed by atoms with van der Waals surface area (Å²) in [6.07, 6.45) is 0. The van der Waals surface area contributed by atoms with E-state index in [4.69, 9.17) is 0 Å². The summed E-state index contributed by atoms with van der Waals surface area (Å²) >= 11 is 1.88. The molecule has 11 aromatic carbocycles. The third-order valence-electron chi connectivity index (χ3n) is 13.5. The number of rotatable bonds is 6. The van der Waals surface area contributed by atoms with Gasteiger partial charge in [-0.05, 0) is 95.2 Å². The van der Waals surface area contributed by atoms with Gasteiger partial charge in [0.15, 0.2) is 8.07 Å². The van der Waals surface area contributed by atoms with Crippen LogP contribution in [0.5, 0.6) is 0 Å².